The molecule has 0 radical (unpaired) electrons. The predicted molar refractivity (Wildman–Crippen MR) is 92.4 cm³/mol. The van der Waals surface area contributed by atoms with Crippen molar-refractivity contribution in [2.24, 2.45) is 7.05 Å². The molecule has 2 N–H and O–H groups in total. The number of fused-ring (bicyclic) bond motifs is 1. The molecular formula is C15H15ClN2O3S2. The summed E-state index contributed by atoms with van der Waals surface area (Å²) in [5, 5.41) is 11.2. The number of rotatable bonds is 5. The Hall–Kier alpha value is -1.38. The summed E-state index contributed by atoms with van der Waals surface area (Å²) in [6, 6.07) is 10.5. The summed E-state index contributed by atoms with van der Waals surface area (Å²) in [6.07, 6.45) is 1.01. The molecule has 0 aliphatic rings. The third kappa shape index (κ3) is 3.44. The highest BCUT2D eigenvalue weighted by Gasteiger charge is 2.19. The molecule has 1 unspecified atom stereocenters. The van der Waals surface area contributed by atoms with Gasteiger partial charge in [-0.2, -0.15) is 0 Å². The Balaban J connectivity index is 1.74. The zero-order chi connectivity index (χ0) is 16.6. The van der Waals surface area contributed by atoms with E-state index in [1.165, 1.54) is 12.1 Å². The normalized spacial score (nSPS) is 13.5. The summed E-state index contributed by atoms with van der Waals surface area (Å²) >= 11 is 6.73. The van der Waals surface area contributed by atoms with Crippen molar-refractivity contribution in [2.75, 3.05) is 6.54 Å². The van der Waals surface area contributed by atoms with Crippen LogP contribution in [0.15, 0.2) is 46.8 Å². The van der Waals surface area contributed by atoms with Crippen LogP contribution in [0, 0.1) is 0 Å². The van der Waals surface area contributed by atoms with Crippen molar-refractivity contribution in [3.63, 3.8) is 0 Å². The molecular weight excluding hydrogens is 356 g/mol. The summed E-state index contributed by atoms with van der Waals surface area (Å²) in [4.78, 5) is 0. The number of benzene rings is 1. The van der Waals surface area contributed by atoms with Crippen molar-refractivity contribution in [3.8, 4) is 0 Å². The van der Waals surface area contributed by atoms with Crippen LogP contribution in [0.4, 0.5) is 0 Å². The number of nitrogens with zero attached hydrogens (tertiary/aromatic N) is 1. The first-order valence-corrected chi connectivity index (χ1v) is 9.52. The maximum absolute atomic E-state index is 12.1. The molecule has 2 heterocycles. The van der Waals surface area contributed by atoms with E-state index in [0.29, 0.717) is 9.90 Å². The van der Waals surface area contributed by atoms with Crippen LogP contribution in [0.25, 0.3) is 10.9 Å². The Morgan fingerprint density at radius 1 is 1.30 bits per heavy atom. The Morgan fingerprint density at radius 2 is 2.09 bits per heavy atom. The molecule has 5 nitrogen and oxygen atoms in total. The van der Waals surface area contributed by atoms with Crippen LogP contribution in [-0.2, 0) is 17.1 Å². The lowest BCUT2D eigenvalue weighted by atomic mass is 10.1. The molecule has 0 spiro atoms. The van der Waals surface area contributed by atoms with Crippen LogP contribution < -0.4 is 4.72 Å². The highest BCUT2D eigenvalue weighted by molar-refractivity contribution is 7.91. The summed E-state index contributed by atoms with van der Waals surface area (Å²) in [6.45, 7) is -0.101. The highest BCUT2D eigenvalue weighted by Crippen LogP contribution is 2.26. The van der Waals surface area contributed by atoms with Crippen LogP contribution in [0.1, 0.15) is 11.7 Å². The fourth-order valence-electron chi connectivity index (χ4n) is 2.33. The molecule has 3 rings (SSSR count). The first-order valence-electron chi connectivity index (χ1n) is 6.85. The number of halogens is 1. The van der Waals surface area contributed by atoms with Gasteiger partial charge in [-0.25, -0.2) is 13.1 Å². The smallest absolute Gasteiger partial charge is 0.250 e. The maximum atomic E-state index is 12.1. The van der Waals surface area contributed by atoms with Crippen LogP contribution in [0.2, 0.25) is 4.34 Å². The van der Waals surface area contributed by atoms with Gasteiger partial charge in [0.15, 0.2) is 0 Å². The van der Waals surface area contributed by atoms with Gasteiger partial charge in [0.05, 0.1) is 10.4 Å². The number of aliphatic hydroxyl groups is 1. The Morgan fingerprint density at radius 3 is 2.78 bits per heavy atom. The number of aliphatic hydroxyl groups excluding tert-OH is 1. The van der Waals surface area contributed by atoms with Crippen molar-refractivity contribution in [2.45, 2.75) is 10.3 Å². The summed E-state index contributed by atoms with van der Waals surface area (Å²) in [5.74, 6) is 0. The van der Waals surface area contributed by atoms with Gasteiger partial charge in [0.25, 0.3) is 0 Å². The van der Waals surface area contributed by atoms with E-state index in [9.17, 15) is 13.5 Å². The predicted octanol–water partition coefficient (Wildman–Crippen LogP) is 2.91. The van der Waals surface area contributed by atoms with E-state index in [-0.39, 0.29) is 10.8 Å². The van der Waals surface area contributed by atoms with Crippen LogP contribution in [0.5, 0.6) is 0 Å². The fraction of sp³-hybridized carbons (Fsp3) is 0.200. The molecule has 0 bridgehead atoms. The number of nitrogens with one attached hydrogen (secondary N) is 1. The van der Waals surface area contributed by atoms with Gasteiger partial charge in [0, 0.05) is 25.3 Å². The quantitative estimate of drug-likeness (QED) is 0.725. The third-order valence-corrected chi connectivity index (χ3v) is 6.72. The molecule has 0 aliphatic heterocycles. The molecule has 0 saturated carbocycles. The summed E-state index contributed by atoms with van der Waals surface area (Å²) in [7, 11) is -1.72. The highest BCUT2D eigenvalue weighted by atomic mass is 35.5. The Labute approximate surface area is 143 Å². The van der Waals surface area contributed by atoms with E-state index in [2.05, 4.69) is 4.72 Å². The minimum atomic E-state index is -3.66. The molecule has 0 saturated heterocycles. The minimum absolute atomic E-state index is 0.101. The average Bonchev–Trinajstić information content (AvgIpc) is 3.12. The van der Waals surface area contributed by atoms with E-state index in [0.717, 1.165) is 22.2 Å². The fourth-order valence-corrected chi connectivity index (χ4v) is 4.89. The zero-order valence-corrected chi connectivity index (χ0v) is 14.6. The van der Waals surface area contributed by atoms with E-state index >= 15 is 0 Å². The van der Waals surface area contributed by atoms with Crippen LogP contribution >= 0.6 is 22.9 Å². The zero-order valence-electron chi connectivity index (χ0n) is 12.2. The molecule has 122 valence electrons. The SMILES string of the molecule is Cn1ccc2cc(C(O)CNS(=O)(=O)c3ccc(Cl)s3)ccc21. The van der Waals surface area contributed by atoms with Crippen molar-refractivity contribution >= 4 is 43.9 Å². The average molecular weight is 371 g/mol. The maximum Gasteiger partial charge on any atom is 0.250 e. The Bertz CT molecular complexity index is 947. The first kappa shape index (κ1) is 16.5. The van der Waals surface area contributed by atoms with Gasteiger partial charge in [0.2, 0.25) is 10.0 Å². The van der Waals surface area contributed by atoms with E-state index in [4.69, 9.17) is 11.6 Å². The van der Waals surface area contributed by atoms with Crippen molar-refractivity contribution < 1.29 is 13.5 Å². The third-order valence-electron chi connectivity index (χ3n) is 3.57. The summed E-state index contributed by atoms with van der Waals surface area (Å²) in [5.41, 5.74) is 1.71. The van der Waals surface area contributed by atoms with Crippen molar-refractivity contribution in [1.82, 2.24) is 9.29 Å². The van der Waals surface area contributed by atoms with Crippen LogP contribution in [-0.4, -0.2) is 24.6 Å². The molecule has 1 atom stereocenters. The van der Waals surface area contributed by atoms with Gasteiger partial charge < -0.3 is 9.67 Å². The second kappa shape index (κ2) is 6.26. The van der Waals surface area contributed by atoms with E-state index in [1.54, 1.807) is 6.07 Å². The molecule has 1 aromatic carbocycles. The number of aromatic nitrogens is 1. The number of hydrogen-bond donors (Lipinski definition) is 2. The molecule has 0 aliphatic carbocycles. The standard InChI is InChI=1S/C15H15ClN2O3S2/c1-18-7-6-10-8-11(2-3-12(10)18)13(19)9-17-23(20,21)15-5-4-14(16)22-15/h2-8,13,17,19H,9H2,1H3. The van der Waals surface area contributed by atoms with E-state index < -0.39 is 16.1 Å². The monoisotopic (exact) mass is 370 g/mol. The minimum Gasteiger partial charge on any atom is -0.387 e. The molecule has 0 fully saturated rings. The largest absolute Gasteiger partial charge is 0.387 e. The second-order valence-corrected chi connectivity index (χ2v) is 8.88. The second-order valence-electron chi connectivity index (χ2n) is 5.17. The van der Waals surface area contributed by atoms with Gasteiger partial charge in [-0.3, -0.25) is 0 Å². The number of sulfonamides is 1. The number of hydrogen-bond acceptors (Lipinski definition) is 4. The number of thiophene rings is 1. The van der Waals surface area contributed by atoms with Crippen molar-refractivity contribution in [1.29, 1.82) is 0 Å². The lowest BCUT2D eigenvalue weighted by Crippen LogP contribution is -2.28. The lowest BCUT2D eigenvalue weighted by molar-refractivity contribution is 0.182. The topological polar surface area (TPSA) is 71.3 Å². The molecule has 23 heavy (non-hydrogen) atoms. The number of aryl methyl sites for hydroxylation is 1. The van der Waals surface area contributed by atoms with Gasteiger partial charge in [-0.15, -0.1) is 11.3 Å². The Kier molecular flexibility index (Phi) is 4.48. The summed E-state index contributed by atoms with van der Waals surface area (Å²) < 4.78 is 29.2. The molecule has 0 amide bonds. The lowest BCUT2D eigenvalue weighted by Gasteiger charge is -2.12. The molecule has 8 heteroatoms. The molecule has 2 aromatic heterocycles. The van der Waals surface area contributed by atoms with Gasteiger partial charge >= 0.3 is 0 Å². The van der Waals surface area contributed by atoms with Gasteiger partial charge in [-0.05, 0) is 41.3 Å². The van der Waals surface area contributed by atoms with Crippen LogP contribution in [0.3, 0.4) is 0 Å². The first-order chi connectivity index (χ1) is 10.9. The van der Waals surface area contributed by atoms with Gasteiger partial charge in [-0.1, -0.05) is 17.7 Å². The van der Waals surface area contributed by atoms with Gasteiger partial charge in [0.1, 0.15) is 4.21 Å². The van der Waals surface area contributed by atoms with Crippen molar-refractivity contribution in [3.05, 3.63) is 52.5 Å². The molecule has 3 aromatic rings. The van der Waals surface area contributed by atoms with E-state index in [1.807, 2.05) is 36.0 Å².